The second kappa shape index (κ2) is 10.4. The van der Waals surface area contributed by atoms with Crippen molar-refractivity contribution < 1.29 is 19.4 Å². The number of hydrogen-bond donors (Lipinski definition) is 3. The Labute approximate surface area is 95.4 Å². The van der Waals surface area contributed by atoms with Gasteiger partial charge in [0.15, 0.2) is 0 Å². The molecule has 0 aliphatic heterocycles. The van der Waals surface area contributed by atoms with Crippen molar-refractivity contribution in [3.63, 3.8) is 0 Å². The van der Waals surface area contributed by atoms with Crippen LogP contribution in [0.2, 0.25) is 0 Å². The number of amides is 1. The van der Waals surface area contributed by atoms with Crippen molar-refractivity contribution in [2.45, 2.75) is 19.3 Å². The number of unbranched alkanes of at least 4 members (excludes halogenated alkanes) is 1. The second-order valence-corrected chi connectivity index (χ2v) is 3.37. The Morgan fingerprint density at radius 2 is 2.00 bits per heavy atom. The van der Waals surface area contributed by atoms with E-state index in [1.807, 2.05) is 0 Å². The number of carbonyl (C=O) groups is 2. The maximum absolute atomic E-state index is 11.1. The molecule has 0 rings (SSSR count). The molecule has 0 aliphatic rings. The maximum Gasteiger partial charge on any atom is 0.303 e. The van der Waals surface area contributed by atoms with Gasteiger partial charge in [0.25, 0.3) is 0 Å². The summed E-state index contributed by atoms with van der Waals surface area (Å²) < 4.78 is 4.78. The van der Waals surface area contributed by atoms with Crippen molar-refractivity contribution in [2.24, 2.45) is 0 Å². The van der Waals surface area contributed by atoms with Crippen LogP contribution in [-0.2, 0) is 14.3 Å². The fourth-order valence-corrected chi connectivity index (χ4v) is 1.08. The molecule has 0 atom stereocenters. The molecule has 0 aliphatic carbocycles. The minimum Gasteiger partial charge on any atom is -0.481 e. The van der Waals surface area contributed by atoms with E-state index in [1.54, 1.807) is 7.11 Å². The number of methoxy groups -OCH3 is 1. The van der Waals surface area contributed by atoms with Gasteiger partial charge < -0.3 is 20.5 Å². The van der Waals surface area contributed by atoms with Crippen LogP contribution in [0.15, 0.2) is 0 Å². The van der Waals surface area contributed by atoms with E-state index in [1.165, 1.54) is 0 Å². The third-order valence-corrected chi connectivity index (χ3v) is 1.91. The van der Waals surface area contributed by atoms with Crippen LogP contribution in [0.1, 0.15) is 19.3 Å². The molecule has 0 aromatic rings. The smallest absolute Gasteiger partial charge is 0.303 e. The molecule has 0 saturated carbocycles. The average Bonchev–Trinajstić information content (AvgIpc) is 2.23. The third kappa shape index (κ3) is 10.9. The molecule has 0 unspecified atom stereocenters. The van der Waals surface area contributed by atoms with Gasteiger partial charge in [-0.2, -0.15) is 0 Å². The highest BCUT2D eigenvalue weighted by Gasteiger charge is 1.99. The van der Waals surface area contributed by atoms with Crippen LogP contribution in [0.5, 0.6) is 0 Å². The standard InChI is InChI=1S/C10H20N2O4/c1-16-7-6-12-9(13)8-11-5-3-2-4-10(14)15/h11H,2-8H2,1H3,(H,12,13)(H,14,15). The molecule has 0 radical (unpaired) electrons. The molecule has 6 nitrogen and oxygen atoms in total. The van der Waals surface area contributed by atoms with Gasteiger partial charge in [-0.15, -0.1) is 0 Å². The third-order valence-electron chi connectivity index (χ3n) is 1.91. The van der Waals surface area contributed by atoms with Gasteiger partial charge in [0.2, 0.25) is 5.91 Å². The van der Waals surface area contributed by atoms with E-state index in [2.05, 4.69) is 10.6 Å². The van der Waals surface area contributed by atoms with Gasteiger partial charge in [-0.05, 0) is 19.4 Å². The van der Waals surface area contributed by atoms with Crippen molar-refractivity contribution in [2.75, 3.05) is 33.4 Å². The second-order valence-electron chi connectivity index (χ2n) is 3.37. The summed E-state index contributed by atoms with van der Waals surface area (Å²) >= 11 is 0. The van der Waals surface area contributed by atoms with E-state index in [0.717, 1.165) is 6.42 Å². The molecule has 0 fully saturated rings. The Balaban J connectivity index is 3.18. The zero-order valence-electron chi connectivity index (χ0n) is 9.62. The molecular formula is C10H20N2O4. The largest absolute Gasteiger partial charge is 0.481 e. The van der Waals surface area contributed by atoms with Crippen LogP contribution in [-0.4, -0.2) is 50.3 Å². The summed E-state index contributed by atoms with van der Waals surface area (Å²) in [5.74, 6) is -0.854. The summed E-state index contributed by atoms with van der Waals surface area (Å²) in [5, 5.41) is 14.0. The summed E-state index contributed by atoms with van der Waals surface area (Å²) in [6.45, 7) is 1.93. The van der Waals surface area contributed by atoms with Crippen molar-refractivity contribution in [3.8, 4) is 0 Å². The summed E-state index contributed by atoms with van der Waals surface area (Å²) in [5.41, 5.74) is 0. The minimum atomic E-state index is -0.780. The number of rotatable bonds is 10. The highest BCUT2D eigenvalue weighted by atomic mass is 16.5. The molecule has 6 heteroatoms. The van der Waals surface area contributed by atoms with Gasteiger partial charge in [0.05, 0.1) is 13.2 Å². The van der Waals surface area contributed by atoms with E-state index >= 15 is 0 Å². The highest BCUT2D eigenvalue weighted by molar-refractivity contribution is 5.77. The quantitative estimate of drug-likeness (QED) is 0.446. The first-order chi connectivity index (χ1) is 7.66. The van der Waals surface area contributed by atoms with Crippen LogP contribution < -0.4 is 10.6 Å². The zero-order chi connectivity index (χ0) is 12.2. The fraction of sp³-hybridized carbons (Fsp3) is 0.800. The van der Waals surface area contributed by atoms with E-state index in [9.17, 15) is 9.59 Å². The molecule has 0 spiro atoms. The van der Waals surface area contributed by atoms with Crippen molar-refractivity contribution in [3.05, 3.63) is 0 Å². The number of carboxylic acid groups (broad SMARTS) is 1. The first-order valence-electron chi connectivity index (χ1n) is 5.35. The van der Waals surface area contributed by atoms with E-state index in [-0.39, 0.29) is 18.9 Å². The topological polar surface area (TPSA) is 87.7 Å². The normalized spacial score (nSPS) is 10.1. The first kappa shape index (κ1) is 14.9. The maximum atomic E-state index is 11.1. The Kier molecular flexibility index (Phi) is 9.64. The van der Waals surface area contributed by atoms with Crippen LogP contribution in [0.25, 0.3) is 0 Å². The Morgan fingerprint density at radius 3 is 2.62 bits per heavy atom. The number of carboxylic acids is 1. The predicted molar refractivity (Wildman–Crippen MR) is 59.2 cm³/mol. The van der Waals surface area contributed by atoms with Crippen LogP contribution >= 0.6 is 0 Å². The van der Waals surface area contributed by atoms with E-state index < -0.39 is 5.97 Å². The molecule has 0 heterocycles. The van der Waals surface area contributed by atoms with Crippen LogP contribution in [0, 0.1) is 0 Å². The summed E-state index contributed by atoms with van der Waals surface area (Å²) in [6.07, 6.45) is 1.58. The van der Waals surface area contributed by atoms with Crippen molar-refractivity contribution in [1.82, 2.24) is 10.6 Å². The summed E-state index contributed by atoms with van der Waals surface area (Å²) in [4.78, 5) is 21.3. The zero-order valence-corrected chi connectivity index (χ0v) is 9.62. The summed E-state index contributed by atoms with van der Waals surface area (Å²) in [7, 11) is 1.58. The lowest BCUT2D eigenvalue weighted by Crippen LogP contribution is -2.35. The highest BCUT2D eigenvalue weighted by Crippen LogP contribution is 1.92. The van der Waals surface area contributed by atoms with Gasteiger partial charge in [-0.1, -0.05) is 0 Å². The number of nitrogens with one attached hydrogen (secondary N) is 2. The molecule has 0 bridgehead atoms. The van der Waals surface area contributed by atoms with Crippen LogP contribution in [0.4, 0.5) is 0 Å². The molecule has 0 saturated heterocycles. The molecule has 0 aromatic heterocycles. The van der Waals surface area contributed by atoms with Crippen molar-refractivity contribution >= 4 is 11.9 Å². The Hall–Kier alpha value is -1.14. The van der Waals surface area contributed by atoms with Gasteiger partial charge >= 0.3 is 5.97 Å². The van der Waals surface area contributed by atoms with Crippen molar-refractivity contribution in [1.29, 1.82) is 0 Å². The predicted octanol–water partition coefficient (Wildman–Crippen LogP) is -0.406. The molecule has 16 heavy (non-hydrogen) atoms. The summed E-state index contributed by atoms with van der Waals surface area (Å²) in [6, 6.07) is 0. The molecule has 3 N–H and O–H groups in total. The van der Waals surface area contributed by atoms with Gasteiger partial charge in [0.1, 0.15) is 0 Å². The van der Waals surface area contributed by atoms with Crippen LogP contribution in [0.3, 0.4) is 0 Å². The number of carbonyl (C=O) groups excluding carboxylic acids is 1. The van der Waals surface area contributed by atoms with E-state index in [0.29, 0.717) is 26.1 Å². The van der Waals surface area contributed by atoms with E-state index in [4.69, 9.17) is 9.84 Å². The molecular weight excluding hydrogens is 212 g/mol. The SMILES string of the molecule is COCCNC(=O)CNCCCCC(=O)O. The lowest BCUT2D eigenvalue weighted by Gasteiger charge is -2.05. The minimum absolute atomic E-state index is 0.0738. The lowest BCUT2D eigenvalue weighted by atomic mass is 10.2. The molecule has 94 valence electrons. The molecule has 1 amide bonds. The van der Waals surface area contributed by atoms with Gasteiger partial charge in [0, 0.05) is 20.1 Å². The lowest BCUT2D eigenvalue weighted by molar-refractivity contribution is -0.137. The molecule has 0 aromatic carbocycles. The number of hydrogen-bond acceptors (Lipinski definition) is 4. The first-order valence-corrected chi connectivity index (χ1v) is 5.35. The Bertz CT molecular complexity index is 209. The number of ether oxygens (including phenoxy) is 1. The Morgan fingerprint density at radius 1 is 1.25 bits per heavy atom. The fourth-order valence-electron chi connectivity index (χ4n) is 1.08. The monoisotopic (exact) mass is 232 g/mol. The van der Waals surface area contributed by atoms with Gasteiger partial charge in [-0.3, -0.25) is 9.59 Å². The average molecular weight is 232 g/mol. The van der Waals surface area contributed by atoms with Gasteiger partial charge in [-0.25, -0.2) is 0 Å². The number of aliphatic carboxylic acids is 1.